The Kier molecular flexibility index (Phi) is 3.65. The molecule has 0 atom stereocenters. The van der Waals surface area contributed by atoms with Crippen molar-refractivity contribution in [2.75, 3.05) is 6.54 Å². The summed E-state index contributed by atoms with van der Waals surface area (Å²) in [5.41, 5.74) is 7.67. The Balaban J connectivity index is 1.65. The molecule has 0 spiro atoms. The number of aryl methyl sites for hydroxylation is 2. The van der Waals surface area contributed by atoms with Crippen molar-refractivity contribution >= 4 is 16.8 Å². The quantitative estimate of drug-likeness (QED) is 0.586. The molecule has 1 amide bonds. The van der Waals surface area contributed by atoms with Gasteiger partial charge in [-0.3, -0.25) is 14.2 Å². The zero-order valence-corrected chi connectivity index (χ0v) is 16.2. The summed E-state index contributed by atoms with van der Waals surface area (Å²) in [6.45, 7) is 3.00. The van der Waals surface area contributed by atoms with Gasteiger partial charge in [0.15, 0.2) is 0 Å². The van der Waals surface area contributed by atoms with Gasteiger partial charge in [-0.1, -0.05) is 6.07 Å². The van der Waals surface area contributed by atoms with Gasteiger partial charge in [-0.25, -0.2) is 0 Å². The van der Waals surface area contributed by atoms with Crippen LogP contribution in [0.25, 0.3) is 33.3 Å². The van der Waals surface area contributed by atoms with Gasteiger partial charge in [-0.05, 0) is 17.7 Å². The van der Waals surface area contributed by atoms with Gasteiger partial charge in [-0.15, -0.1) is 0 Å². The number of carbonyl (C=O) groups excluding carboxylic acids is 1. The van der Waals surface area contributed by atoms with Crippen LogP contribution in [0.3, 0.4) is 0 Å². The predicted octanol–water partition coefficient (Wildman–Crippen LogP) is 2.87. The molecule has 1 N–H and O–H groups in total. The van der Waals surface area contributed by atoms with Crippen LogP contribution in [0.4, 0.5) is 0 Å². The molecule has 1 aliphatic heterocycles. The van der Waals surface area contributed by atoms with E-state index in [9.17, 15) is 4.79 Å². The highest BCUT2D eigenvalue weighted by Gasteiger charge is 2.26. The first-order valence-electron chi connectivity index (χ1n) is 9.42. The van der Waals surface area contributed by atoms with Gasteiger partial charge in [0.1, 0.15) is 0 Å². The minimum absolute atomic E-state index is 0.109. The van der Waals surface area contributed by atoms with Crippen molar-refractivity contribution < 1.29 is 4.79 Å². The SMILES string of the molecule is CC(=O)N1CCc2c(c(-c3c[nH]c4ccc(-c5cnn(C)c5)cc34)nn2C)C1. The Morgan fingerprint density at radius 3 is 2.82 bits per heavy atom. The van der Waals surface area contributed by atoms with Crippen LogP contribution in [0.15, 0.2) is 36.8 Å². The van der Waals surface area contributed by atoms with Crippen LogP contribution in [0.5, 0.6) is 0 Å². The molecule has 142 valence electrons. The molecule has 0 saturated carbocycles. The molecule has 0 aliphatic carbocycles. The molecule has 7 nitrogen and oxygen atoms in total. The molecule has 4 aromatic rings. The standard InChI is InChI=1S/C21H22N6O/c1-13(28)27-7-6-20-18(12-27)21(24-26(20)3)17-10-22-19-5-4-14(8-16(17)19)15-9-23-25(2)11-15/h4-5,8-11,22H,6-7,12H2,1-3H3. The van der Waals surface area contributed by atoms with Crippen LogP contribution in [-0.2, 0) is 31.9 Å². The molecule has 0 fully saturated rings. The Bertz CT molecular complexity index is 1210. The van der Waals surface area contributed by atoms with E-state index in [0.717, 1.165) is 51.8 Å². The molecule has 0 saturated heterocycles. The van der Waals surface area contributed by atoms with E-state index in [2.05, 4.69) is 28.3 Å². The highest BCUT2D eigenvalue weighted by molar-refractivity contribution is 5.98. The summed E-state index contributed by atoms with van der Waals surface area (Å²) >= 11 is 0. The second-order valence-corrected chi connectivity index (χ2v) is 7.45. The third-order valence-electron chi connectivity index (χ3n) is 5.66. The van der Waals surface area contributed by atoms with E-state index in [1.807, 2.05) is 46.9 Å². The molecule has 1 aliphatic rings. The molecule has 28 heavy (non-hydrogen) atoms. The van der Waals surface area contributed by atoms with Crippen molar-refractivity contribution in [1.29, 1.82) is 0 Å². The van der Waals surface area contributed by atoms with Crippen molar-refractivity contribution in [2.45, 2.75) is 19.9 Å². The maximum Gasteiger partial charge on any atom is 0.219 e. The maximum absolute atomic E-state index is 11.9. The van der Waals surface area contributed by atoms with Gasteiger partial charge in [0.2, 0.25) is 5.91 Å². The Morgan fingerprint density at radius 1 is 1.21 bits per heavy atom. The van der Waals surface area contributed by atoms with Crippen LogP contribution >= 0.6 is 0 Å². The molecule has 5 rings (SSSR count). The minimum atomic E-state index is 0.109. The van der Waals surface area contributed by atoms with Crippen molar-refractivity contribution in [3.8, 4) is 22.4 Å². The van der Waals surface area contributed by atoms with Gasteiger partial charge in [-0.2, -0.15) is 10.2 Å². The van der Waals surface area contributed by atoms with Gasteiger partial charge in [0.05, 0.1) is 11.9 Å². The number of rotatable bonds is 2. The molecule has 7 heteroatoms. The third-order valence-corrected chi connectivity index (χ3v) is 5.66. The van der Waals surface area contributed by atoms with Crippen molar-refractivity contribution in [1.82, 2.24) is 29.4 Å². The van der Waals surface area contributed by atoms with Gasteiger partial charge >= 0.3 is 0 Å². The van der Waals surface area contributed by atoms with Crippen molar-refractivity contribution in [2.24, 2.45) is 14.1 Å². The lowest BCUT2D eigenvalue weighted by Crippen LogP contribution is -2.34. The molecule has 0 unspecified atom stereocenters. The monoisotopic (exact) mass is 374 g/mol. The van der Waals surface area contributed by atoms with E-state index in [-0.39, 0.29) is 5.91 Å². The van der Waals surface area contributed by atoms with E-state index < -0.39 is 0 Å². The summed E-state index contributed by atoms with van der Waals surface area (Å²) in [6, 6.07) is 6.38. The fourth-order valence-corrected chi connectivity index (χ4v) is 4.14. The molecular formula is C21H22N6O. The number of nitrogens with zero attached hydrogens (tertiary/aromatic N) is 5. The van der Waals surface area contributed by atoms with E-state index in [0.29, 0.717) is 6.54 Å². The summed E-state index contributed by atoms with van der Waals surface area (Å²) in [5.74, 6) is 0.109. The maximum atomic E-state index is 11.9. The van der Waals surface area contributed by atoms with Crippen LogP contribution < -0.4 is 0 Å². The average Bonchev–Trinajstić information content (AvgIpc) is 3.38. The Hall–Kier alpha value is -3.35. The average molecular weight is 374 g/mol. The molecule has 0 bridgehead atoms. The lowest BCUT2D eigenvalue weighted by molar-refractivity contribution is -0.129. The fraction of sp³-hybridized carbons (Fsp3) is 0.286. The Morgan fingerprint density at radius 2 is 2.07 bits per heavy atom. The number of aromatic amines is 1. The number of carbonyl (C=O) groups is 1. The fourth-order valence-electron chi connectivity index (χ4n) is 4.14. The van der Waals surface area contributed by atoms with E-state index >= 15 is 0 Å². The zero-order valence-electron chi connectivity index (χ0n) is 16.2. The Labute approximate surface area is 162 Å². The number of nitrogens with one attached hydrogen (secondary N) is 1. The van der Waals surface area contributed by atoms with Crippen molar-refractivity contribution in [3.05, 3.63) is 48.0 Å². The summed E-state index contributed by atoms with van der Waals surface area (Å²) in [5, 5.41) is 10.2. The molecule has 4 heterocycles. The number of amides is 1. The summed E-state index contributed by atoms with van der Waals surface area (Å²) in [4.78, 5) is 17.2. The molecular weight excluding hydrogens is 352 g/mol. The number of benzene rings is 1. The van der Waals surface area contributed by atoms with Gasteiger partial charge < -0.3 is 9.88 Å². The number of hydrogen-bond acceptors (Lipinski definition) is 3. The zero-order chi connectivity index (χ0) is 19.4. The highest BCUT2D eigenvalue weighted by atomic mass is 16.2. The first-order valence-corrected chi connectivity index (χ1v) is 9.42. The van der Waals surface area contributed by atoms with Crippen molar-refractivity contribution in [3.63, 3.8) is 0 Å². The van der Waals surface area contributed by atoms with Gasteiger partial charge in [0, 0.05) is 86.2 Å². The smallest absolute Gasteiger partial charge is 0.219 e. The summed E-state index contributed by atoms with van der Waals surface area (Å²) < 4.78 is 3.77. The highest BCUT2D eigenvalue weighted by Crippen LogP contribution is 2.36. The molecule has 1 aromatic carbocycles. The number of hydrogen-bond donors (Lipinski definition) is 1. The topological polar surface area (TPSA) is 71.7 Å². The first kappa shape index (κ1) is 16.8. The second-order valence-electron chi connectivity index (χ2n) is 7.45. The minimum Gasteiger partial charge on any atom is -0.360 e. The normalized spacial score (nSPS) is 13.9. The number of H-pyrrole nitrogens is 1. The van der Waals surface area contributed by atoms with E-state index in [4.69, 9.17) is 5.10 Å². The summed E-state index contributed by atoms with van der Waals surface area (Å²) in [7, 11) is 3.91. The molecule has 3 aromatic heterocycles. The van der Waals surface area contributed by atoms with Crippen LogP contribution in [0, 0.1) is 0 Å². The first-order chi connectivity index (χ1) is 13.5. The predicted molar refractivity (Wildman–Crippen MR) is 107 cm³/mol. The lowest BCUT2D eigenvalue weighted by Gasteiger charge is -2.26. The van der Waals surface area contributed by atoms with E-state index in [1.165, 1.54) is 5.69 Å². The van der Waals surface area contributed by atoms with Crippen LogP contribution in [-0.4, -0.2) is 41.9 Å². The largest absolute Gasteiger partial charge is 0.360 e. The number of aromatic nitrogens is 5. The summed E-state index contributed by atoms with van der Waals surface area (Å²) in [6.07, 6.45) is 6.75. The molecule has 0 radical (unpaired) electrons. The van der Waals surface area contributed by atoms with E-state index in [1.54, 1.807) is 6.92 Å². The second kappa shape index (κ2) is 6.09. The van der Waals surface area contributed by atoms with Crippen LogP contribution in [0.2, 0.25) is 0 Å². The number of fused-ring (bicyclic) bond motifs is 2. The van der Waals surface area contributed by atoms with Crippen LogP contribution in [0.1, 0.15) is 18.2 Å². The lowest BCUT2D eigenvalue weighted by atomic mass is 9.99. The third kappa shape index (κ3) is 2.54. The van der Waals surface area contributed by atoms with Gasteiger partial charge in [0.25, 0.3) is 0 Å².